The Morgan fingerprint density at radius 3 is 2.32 bits per heavy atom. The Morgan fingerprint density at radius 1 is 1.18 bits per heavy atom. The summed E-state index contributed by atoms with van der Waals surface area (Å²) in [4.78, 5) is 23.7. The second kappa shape index (κ2) is 9.35. The van der Waals surface area contributed by atoms with Gasteiger partial charge in [0.2, 0.25) is 0 Å². The normalized spacial score (nSPS) is 11.9. The van der Waals surface area contributed by atoms with Gasteiger partial charge >= 0.3 is 11.9 Å². The molecule has 1 atom stereocenters. The van der Waals surface area contributed by atoms with E-state index >= 15 is 0 Å². The Morgan fingerprint density at radius 2 is 1.82 bits per heavy atom. The lowest BCUT2D eigenvalue weighted by molar-refractivity contribution is -0.138. The third-order valence-corrected chi connectivity index (χ3v) is 3.84. The second-order valence-electron chi connectivity index (χ2n) is 5.20. The predicted molar refractivity (Wildman–Crippen MR) is 89.9 cm³/mol. The molecule has 1 rings (SSSR count). The molecule has 122 valence electrons. The molecule has 5 nitrogen and oxygen atoms in total. The van der Waals surface area contributed by atoms with E-state index in [1.165, 1.54) is 0 Å². The molecule has 1 aromatic carbocycles. The molecule has 0 spiro atoms. The molecule has 0 aliphatic rings. The fourth-order valence-electron chi connectivity index (χ4n) is 2.18. The molecule has 0 saturated heterocycles. The zero-order valence-electron chi connectivity index (χ0n) is 12.7. The maximum atomic E-state index is 11.3. The zero-order valence-corrected chi connectivity index (χ0v) is 13.6. The van der Waals surface area contributed by atoms with Crippen LogP contribution in [0.25, 0.3) is 0 Å². The summed E-state index contributed by atoms with van der Waals surface area (Å²) in [6.07, 6.45) is 2.38. The lowest BCUT2D eigenvalue weighted by Gasteiger charge is -2.29. The first-order valence-electron chi connectivity index (χ1n) is 7.36. The van der Waals surface area contributed by atoms with Gasteiger partial charge in [0.25, 0.3) is 0 Å². The SMILES string of the molecule is CC(C(=O)O)N(CCCCS)c1ccc(CCC(=O)O)cc1. The highest BCUT2D eigenvalue weighted by Gasteiger charge is 2.20. The summed E-state index contributed by atoms with van der Waals surface area (Å²) in [5, 5.41) is 17.9. The van der Waals surface area contributed by atoms with Gasteiger partial charge in [-0.2, -0.15) is 12.6 Å². The van der Waals surface area contributed by atoms with Crippen molar-refractivity contribution in [1.29, 1.82) is 0 Å². The van der Waals surface area contributed by atoms with Crippen molar-refractivity contribution in [3.8, 4) is 0 Å². The summed E-state index contributed by atoms with van der Waals surface area (Å²) >= 11 is 4.17. The van der Waals surface area contributed by atoms with Gasteiger partial charge in [-0.25, -0.2) is 4.79 Å². The van der Waals surface area contributed by atoms with E-state index in [9.17, 15) is 14.7 Å². The zero-order chi connectivity index (χ0) is 16.5. The van der Waals surface area contributed by atoms with Crippen LogP contribution < -0.4 is 4.90 Å². The number of rotatable bonds is 10. The van der Waals surface area contributed by atoms with E-state index in [2.05, 4.69) is 12.6 Å². The summed E-state index contributed by atoms with van der Waals surface area (Å²) in [5.74, 6) is -0.901. The Labute approximate surface area is 136 Å². The first kappa shape index (κ1) is 18.4. The molecule has 0 amide bonds. The van der Waals surface area contributed by atoms with Gasteiger partial charge in [0.05, 0.1) is 0 Å². The topological polar surface area (TPSA) is 77.8 Å². The van der Waals surface area contributed by atoms with E-state index in [1.807, 2.05) is 29.2 Å². The van der Waals surface area contributed by atoms with Gasteiger partial charge in [0.1, 0.15) is 6.04 Å². The molecule has 0 saturated carbocycles. The molecule has 1 unspecified atom stereocenters. The number of thiol groups is 1. The van der Waals surface area contributed by atoms with E-state index in [-0.39, 0.29) is 6.42 Å². The van der Waals surface area contributed by atoms with Gasteiger partial charge in [-0.1, -0.05) is 12.1 Å². The highest BCUT2D eigenvalue weighted by molar-refractivity contribution is 7.80. The first-order chi connectivity index (χ1) is 10.5. The van der Waals surface area contributed by atoms with Crippen molar-refractivity contribution in [1.82, 2.24) is 0 Å². The van der Waals surface area contributed by atoms with Crippen molar-refractivity contribution in [2.24, 2.45) is 0 Å². The Hall–Kier alpha value is -1.69. The molecule has 1 aromatic rings. The van der Waals surface area contributed by atoms with Crippen LogP contribution >= 0.6 is 12.6 Å². The summed E-state index contributed by atoms with van der Waals surface area (Å²) in [6, 6.07) is 6.83. The largest absolute Gasteiger partial charge is 0.481 e. The lowest BCUT2D eigenvalue weighted by Crippen LogP contribution is -2.39. The van der Waals surface area contributed by atoms with E-state index in [0.717, 1.165) is 29.8 Å². The average Bonchev–Trinajstić information content (AvgIpc) is 2.49. The van der Waals surface area contributed by atoms with Crippen LogP contribution in [0.5, 0.6) is 0 Å². The molecule has 0 aromatic heterocycles. The fourth-order valence-corrected chi connectivity index (χ4v) is 2.40. The number of benzene rings is 1. The highest BCUT2D eigenvalue weighted by atomic mass is 32.1. The molecular formula is C16H23NO4S. The number of aryl methyl sites for hydroxylation is 1. The molecule has 0 bridgehead atoms. The molecular weight excluding hydrogens is 302 g/mol. The minimum absolute atomic E-state index is 0.0938. The monoisotopic (exact) mass is 325 g/mol. The average molecular weight is 325 g/mol. The smallest absolute Gasteiger partial charge is 0.326 e. The number of hydrogen-bond donors (Lipinski definition) is 3. The van der Waals surface area contributed by atoms with Gasteiger partial charge in [0.15, 0.2) is 0 Å². The van der Waals surface area contributed by atoms with Crippen LogP contribution in [0.15, 0.2) is 24.3 Å². The number of carboxylic acid groups (broad SMARTS) is 2. The highest BCUT2D eigenvalue weighted by Crippen LogP contribution is 2.20. The maximum Gasteiger partial charge on any atom is 0.326 e. The van der Waals surface area contributed by atoms with Crippen molar-refractivity contribution >= 4 is 30.3 Å². The summed E-state index contributed by atoms with van der Waals surface area (Å²) in [5.41, 5.74) is 1.78. The van der Waals surface area contributed by atoms with Crippen LogP contribution in [0.2, 0.25) is 0 Å². The number of carbonyl (C=O) groups is 2. The number of unbranched alkanes of at least 4 members (excludes halogenated alkanes) is 1. The van der Waals surface area contributed by atoms with Gasteiger partial charge < -0.3 is 15.1 Å². The molecule has 22 heavy (non-hydrogen) atoms. The summed E-state index contributed by atoms with van der Waals surface area (Å²) in [6.45, 7) is 2.32. The fraction of sp³-hybridized carbons (Fsp3) is 0.500. The van der Waals surface area contributed by atoms with Crippen LogP contribution in [0.4, 0.5) is 5.69 Å². The molecule has 2 N–H and O–H groups in total. The molecule has 6 heteroatoms. The standard InChI is InChI=1S/C16H23NO4S/c1-12(16(20)21)17(10-2-3-11-22)14-7-4-13(5-8-14)6-9-15(18)19/h4-5,7-8,12,22H,2-3,6,9-11H2,1H3,(H,18,19)(H,20,21). The lowest BCUT2D eigenvalue weighted by atomic mass is 10.1. The predicted octanol–water partition coefficient (Wildman–Crippen LogP) is 2.69. The number of nitrogens with zero attached hydrogens (tertiary/aromatic N) is 1. The van der Waals surface area contributed by atoms with Gasteiger partial charge in [-0.05, 0) is 49.6 Å². The number of aliphatic carboxylic acids is 2. The molecule has 0 heterocycles. The van der Waals surface area contributed by atoms with Crippen LogP contribution in [0.1, 0.15) is 31.7 Å². The van der Waals surface area contributed by atoms with E-state index in [4.69, 9.17) is 5.11 Å². The van der Waals surface area contributed by atoms with Gasteiger partial charge in [-0.3, -0.25) is 4.79 Å². The Balaban J connectivity index is 2.80. The summed E-state index contributed by atoms with van der Waals surface area (Å²) < 4.78 is 0. The van der Waals surface area contributed by atoms with Crippen molar-refractivity contribution in [2.75, 3.05) is 17.2 Å². The number of hydrogen-bond acceptors (Lipinski definition) is 4. The van der Waals surface area contributed by atoms with Crippen LogP contribution in [0, 0.1) is 0 Å². The Kier molecular flexibility index (Phi) is 7.80. The third kappa shape index (κ3) is 5.97. The van der Waals surface area contributed by atoms with Crippen molar-refractivity contribution < 1.29 is 19.8 Å². The van der Waals surface area contributed by atoms with Crippen molar-refractivity contribution in [2.45, 2.75) is 38.6 Å². The van der Waals surface area contributed by atoms with E-state index < -0.39 is 18.0 Å². The van der Waals surface area contributed by atoms with Crippen molar-refractivity contribution in [3.05, 3.63) is 29.8 Å². The van der Waals surface area contributed by atoms with Gasteiger partial charge in [-0.15, -0.1) is 0 Å². The van der Waals surface area contributed by atoms with Crippen LogP contribution in [-0.2, 0) is 16.0 Å². The molecule has 0 radical (unpaired) electrons. The maximum absolute atomic E-state index is 11.3. The Bertz CT molecular complexity index is 489. The minimum atomic E-state index is -0.860. The molecule has 0 aliphatic carbocycles. The quantitative estimate of drug-likeness (QED) is 0.455. The molecule has 0 aliphatic heterocycles. The van der Waals surface area contributed by atoms with Gasteiger partial charge in [0, 0.05) is 18.7 Å². The van der Waals surface area contributed by atoms with Crippen LogP contribution in [0.3, 0.4) is 0 Å². The van der Waals surface area contributed by atoms with Crippen LogP contribution in [-0.4, -0.2) is 40.5 Å². The third-order valence-electron chi connectivity index (χ3n) is 3.53. The first-order valence-corrected chi connectivity index (χ1v) is 8.00. The number of anilines is 1. The summed E-state index contributed by atoms with van der Waals surface area (Å²) in [7, 11) is 0. The van der Waals surface area contributed by atoms with Crippen molar-refractivity contribution in [3.63, 3.8) is 0 Å². The van der Waals surface area contributed by atoms with E-state index in [0.29, 0.717) is 13.0 Å². The number of carboxylic acids is 2. The van der Waals surface area contributed by atoms with E-state index in [1.54, 1.807) is 6.92 Å². The molecule has 0 fully saturated rings. The second-order valence-corrected chi connectivity index (χ2v) is 5.65. The minimum Gasteiger partial charge on any atom is -0.481 e.